The second-order valence-electron chi connectivity index (χ2n) is 4.65. The maximum Gasteiger partial charge on any atom is 0.0431 e. The summed E-state index contributed by atoms with van der Waals surface area (Å²) in [6.07, 6.45) is 7.18. The Morgan fingerprint density at radius 1 is 1.27 bits per heavy atom. The van der Waals surface area contributed by atoms with E-state index in [1.165, 1.54) is 25.7 Å². The Hall–Kier alpha value is -0.120. The largest absolute Gasteiger partial charge is 0.396 e. The Labute approximate surface area is 93.6 Å². The minimum atomic E-state index is 0.282. The molecule has 0 aromatic rings. The zero-order valence-corrected chi connectivity index (χ0v) is 10.0. The molecule has 3 N–H and O–H groups in total. The Balaban J connectivity index is 2.46. The molecule has 0 amide bonds. The summed E-state index contributed by atoms with van der Waals surface area (Å²) in [6, 6.07) is 0. The van der Waals surface area contributed by atoms with E-state index in [2.05, 4.69) is 11.8 Å². The highest BCUT2D eigenvalue weighted by Crippen LogP contribution is 2.34. The zero-order chi connectivity index (χ0) is 11.1. The van der Waals surface area contributed by atoms with Crippen LogP contribution in [0.2, 0.25) is 0 Å². The number of aliphatic hydroxyl groups is 1. The first kappa shape index (κ1) is 12.9. The predicted molar refractivity (Wildman–Crippen MR) is 63.8 cm³/mol. The predicted octanol–water partition coefficient (Wildman–Crippen LogP) is 1.35. The van der Waals surface area contributed by atoms with E-state index in [1.807, 2.05) is 0 Å². The van der Waals surface area contributed by atoms with Crippen LogP contribution in [0.5, 0.6) is 0 Å². The summed E-state index contributed by atoms with van der Waals surface area (Å²) in [5.74, 6) is 0. The van der Waals surface area contributed by atoms with E-state index >= 15 is 0 Å². The van der Waals surface area contributed by atoms with Gasteiger partial charge >= 0.3 is 0 Å². The second-order valence-corrected chi connectivity index (χ2v) is 4.65. The number of rotatable bonds is 7. The molecular weight excluding hydrogens is 188 g/mol. The van der Waals surface area contributed by atoms with Crippen molar-refractivity contribution >= 4 is 0 Å². The molecule has 0 radical (unpaired) electrons. The summed E-state index contributed by atoms with van der Waals surface area (Å²) in [5.41, 5.74) is 6.24. The molecule has 90 valence electrons. The van der Waals surface area contributed by atoms with Crippen LogP contribution < -0.4 is 5.73 Å². The van der Waals surface area contributed by atoms with Gasteiger partial charge in [0.15, 0.2) is 0 Å². The van der Waals surface area contributed by atoms with Gasteiger partial charge < -0.3 is 10.8 Å². The molecular formula is C12H26N2O. The topological polar surface area (TPSA) is 49.5 Å². The fourth-order valence-corrected chi connectivity index (χ4v) is 2.83. The van der Waals surface area contributed by atoms with Crippen LogP contribution in [0, 0.1) is 0 Å². The van der Waals surface area contributed by atoms with Crippen molar-refractivity contribution in [2.24, 2.45) is 5.73 Å². The summed E-state index contributed by atoms with van der Waals surface area (Å²) >= 11 is 0. The highest BCUT2D eigenvalue weighted by molar-refractivity contribution is 4.95. The minimum absolute atomic E-state index is 0.282. The van der Waals surface area contributed by atoms with Crippen molar-refractivity contribution in [3.63, 3.8) is 0 Å². The number of aliphatic hydroxyl groups excluding tert-OH is 1. The van der Waals surface area contributed by atoms with Gasteiger partial charge in [0.2, 0.25) is 0 Å². The highest BCUT2D eigenvalue weighted by atomic mass is 16.2. The maximum absolute atomic E-state index is 8.80. The first-order valence-electron chi connectivity index (χ1n) is 6.35. The van der Waals surface area contributed by atoms with Crippen LogP contribution >= 0.6 is 0 Å². The molecule has 0 heterocycles. The molecule has 15 heavy (non-hydrogen) atoms. The Morgan fingerprint density at radius 2 is 1.93 bits per heavy atom. The number of hydrogen-bond acceptors (Lipinski definition) is 3. The Kier molecular flexibility index (Phi) is 5.58. The molecule has 0 aromatic heterocycles. The first-order chi connectivity index (χ1) is 7.29. The highest BCUT2D eigenvalue weighted by Gasteiger charge is 2.36. The molecule has 0 aromatic carbocycles. The van der Waals surface area contributed by atoms with Crippen molar-refractivity contribution in [3.8, 4) is 0 Å². The fraction of sp³-hybridized carbons (Fsp3) is 1.00. The zero-order valence-electron chi connectivity index (χ0n) is 10.0. The number of nitrogens with two attached hydrogens (primary N) is 1. The van der Waals surface area contributed by atoms with Gasteiger partial charge in [-0.05, 0) is 38.8 Å². The van der Waals surface area contributed by atoms with E-state index in [0.29, 0.717) is 6.61 Å². The smallest absolute Gasteiger partial charge is 0.0431 e. The van der Waals surface area contributed by atoms with E-state index in [1.54, 1.807) is 0 Å². The average molecular weight is 214 g/mol. The van der Waals surface area contributed by atoms with E-state index in [-0.39, 0.29) is 5.54 Å². The van der Waals surface area contributed by atoms with E-state index < -0.39 is 0 Å². The molecule has 1 aliphatic carbocycles. The van der Waals surface area contributed by atoms with Crippen molar-refractivity contribution < 1.29 is 5.11 Å². The molecule has 3 heteroatoms. The third-order valence-electron chi connectivity index (χ3n) is 3.80. The SMILES string of the molecule is CCN(CCCCO)C1(CN)CCCC1. The van der Waals surface area contributed by atoms with Crippen molar-refractivity contribution in [1.29, 1.82) is 0 Å². The number of nitrogens with zero attached hydrogens (tertiary/aromatic N) is 1. The summed E-state index contributed by atoms with van der Waals surface area (Å²) in [5, 5.41) is 8.80. The summed E-state index contributed by atoms with van der Waals surface area (Å²) in [4.78, 5) is 2.54. The fourth-order valence-electron chi connectivity index (χ4n) is 2.83. The summed E-state index contributed by atoms with van der Waals surface area (Å²) in [6.45, 7) is 5.50. The van der Waals surface area contributed by atoms with Crippen LogP contribution in [0.4, 0.5) is 0 Å². The lowest BCUT2D eigenvalue weighted by molar-refractivity contribution is 0.101. The van der Waals surface area contributed by atoms with Gasteiger partial charge in [-0.3, -0.25) is 4.90 Å². The van der Waals surface area contributed by atoms with E-state index in [9.17, 15) is 0 Å². The molecule has 0 atom stereocenters. The third-order valence-corrected chi connectivity index (χ3v) is 3.80. The van der Waals surface area contributed by atoms with Gasteiger partial charge in [0.05, 0.1) is 0 Å². The van der Waals surface area contributed by atoms with E-state index in [4.69, 9.17) is 10.8 Å². The molecule has 0 aliphatic heterocycles. The third kappa shape index (κ3) is 3.16. The van der Waals surface area contributed by atoms with Gasteiger partial charge in [0.25, 0.3) is 0 Å². The monoisotopic (exact) mass is 214 g/mol. The second kappa shape index (κ2) is 6.46. The van der Waals surface area contributed by atoms with Gasteiger partial charge in [-0.1, -0.05) is 19.8 Å². The molecule has 0 saturated heterocycles. The van der Waals surface area contributed by atoms with Crippen LogP contribution in [0.3, 0.4) is 0 Å². The molecule has 0 bridgehead atoms. The molecule has 0 spiro atoms. The number of likely N-dealkylation sites (N-methyl/N-ethyl adjacent to an activating group) is 1. The first-order valence-corrected chi connectivity index (χ1v) is 6.35. The van der Waals surface area contributed by atoms with Gasteiger partial charge in [0, 0.05) is 18.7 Å². The van der Waals surface area contributed by atoms with Gasteiger partial charge in [-0.15, -0.1) is 0 Å². The molecule has 1 aliphatic rings. The van der Waals surface area contributed by atoms with Crippen molar-refractivity contribution in [3.05, 3.63) is 0 Å². The van der Waals surface area contributed by atoms with Gasteiger partial charge in [0.1, 0.15) is 0 Å². The van der Waals surface area contributed by atoms with Crippen molar-refractivity contribution in [2.45, 2.75) is 51.0 Å². The molecule has 3 nitrogen and oxygen atoms in total. The van der Waals surface area contributed by atoms with Crippen LogP contribution in [0.25, 0.3) is 0 Å². The van der Waals surface area contributed by atoms with Crippen LogP contribution in [-0.2, 0) is 0 Å². The molecule has 1 saturated carbocycles. The lowest BCUT2D eigenvalue weighted by Gasteiger charge is -2.40. The van der Waals surface area contributed by atoms with Gasteiger partial charge in [-0.25, -0.2) is 0 Å². The number of unbranched alkanes of at least 4 members (excludes halogenated alkanes) is 1. The molecule has 1 rings (SSSR count). The van der Waals surface area contributed by atoms with Crippen molar-refractivity contribution in [2.75, 3.05) is 26.2 Å². The minimum Gasteiger partial charge on any atom is -0.396 e. The Bertz CT molecular complexity index is 167. The van der Waals surface area contributed by atoms with Crippen LogP contribution in [0.1, 0.15) is 45.4 Å². The normalized spacial score (nSPS) is 20.0. The summed E-state index contributed by atoms with van der Waals surface area (Å²) in [7, 11) is 0. The van der Waals surface area contributed by atoms with Crippen molar-refractivity contribution in [1.82, 2.24) is 4.90 Å². The molecule has 0 unspecified atom stereocenters. The van der Waals surface area contributed by atoms with Crippen LogP contribution in [-0.4, -0.2) is 41.8 Å². The van der Waals surface area contributed by atoms with Crippen LogP contribution in [0.15, 0.2) is 0 Å². The van der Waals surface area contributed by atoms with E-state index in [0.717, 1.165) is 32.5 Å². The lowest BCUT2D eigenvalue weighted by atomic mass is 9.94. The maximum atomic E-state index is 8.80. The standard InChI is InChI=1S/C12H26N2O/c1-2-14(9-5-6-10-15)12(11-13)7-3-4-8-12/h15H,2-11,13H2,1H3. The number of hydrogen-bond donors (Lipinski definition) is 2. The quantitative estimate of drug-likeness (QED) is 0.629. The molecule has 1 fully saturated rings. The van der Waals surface area contributed by atoms with Gasteiger partial charge in [-0.2, -0.15) is 0 Å². The Morgan fingerprint density at radius 3 is 2.40 bits per heavy atom. The average Bonchev–Trinajstić information content (AvgIpc) is 2.74. The lowest BCUT2D eigenvalue weighted by Crippen LogP contribution is -2.52. The summed E-state index contributed by atoms with van der Waals surface area (Å²) < 4.78 is 0.